The molecule has 4 rings (SSSR count). The molecule has 0 saturated carbocycles. The van der Waals surface area contributed by atoms with Gasteiger partial charge in [-0.3, -0.25) is 14.9 Å². The molecule has 174 valence electrons. The minimum atomic E-state index is -0.532. The van der Waals surface area contributed by atoms with E-state index < -0.39 is 5.82 Å². The van der Waals surface area contributed by atoms with Crippen molar-refractivity contribution >= 4 is 11.7 Å². The SMILES string of the molecule is N#Cc1cccc(Cc2ccc(Cn3cc(C(=O)NCc4ccc(C(=N)N)cc4F)cn3)cc2)c1. The third kappa shape index (κ3) is 5.97. The van der Waals surface area contributed by atoms with E-state index in [4.69, 9.17) is 16.4 Å². The van der Waals surface area contributed by atoms with Crippen LogP contribution in [0.5, 0.6) is 0 Å². The third-order valence-electron chi connectivity index (χ3n) is 5.53. The van der Waals surface area contributed by atoms with E-state index in [9.17, 15) is 9.18 Å². The van der Waals surface area contributed by atoms with E-state index in [1.165, 1.54) is 18.3 Å². The second kappa shape index (κ2) is 10.4. The van der Waals surface area contributed by atoms with Crippen LogP contribution in [0.15, 0.2) is 79.1 Å². The molecule has 8 heteroatoms. The molecule has 1 amide bonds. The van der Waals surface area contributed by atoms with Crippen molar-refractivity contribution in [3.8, 4) is 6.07 Å². The minimum Gasteiger partial charge on any atom is -0.384 e. The first kappa shape index (κ1) is 23.4. The molecule has 0 saturated heterocycles. The average molecular weight is 467 g/mol. The van der Waals surface area contributed by atoms with E-state index >= 15 is 0 Å². The first-order chi connectivity index (χ1) is 16.9. The third-order valence-corrected chi connectivity index (χ3v) is 5.53. The zero-order valence-electron chi connectivity index (χ0n) is 18.8. The van der Waals surface area contributed by atoms with Gasteiger partial charge >= 0.3 is 0 Å². The molecule has 1 heterocycles. The summed E-state index contributed by atoms with van der Waals surface area (Å²) in [6, 6.07) is 22.0. The molecule has 1 aromatic heterocycles. The number of rotatable bonds is 8. The predicted octanol–water partition coefficient (Wildman–Crippen LogP) is 3.75. The van der Waals surface area contributed by atoms with Crippen molar-refractivity contribution in [2.45, 2.75) is 19.5 Å². The van der Waals surface area contributed by atoms with Gasteiger partial charge in [-0.1, -0.05) is 48.5 Å². The molecule has 0 aliphatic rings. The lowest BCUT2D eigenvalue weighted by Gasteiger charge is -2.07. The number of nitrogens with one attached hydrogen (secondary N) is 2. The summed E-state index contributed by atoms with van der Waals surface area (Å²) in [6.45, 7) is 0.505. The molecule has 0 aliphatic heterocycles. The molecule has 0 spiro atoms. The van der Waals surface area contributed by atoms with E-state index in [0.717, 1.165) is 23.1 Å². The van der Waals surface area contributed by atoms with Crippen molar-refractivity contribution < 1.29 is 9.18 Å². The van der Waals surface area contributed by atoms with Crippen molar-refractivity contribution in [3.63, 3.8) is 0 Å². The van der Waals surface area contributed by atoms with Gasteiger partial charge in [0.15, 0.2) is 0 Å². The van der Waals surface area contributed by atoms with Gasteiger partial charge in [-0.05, 0) is 41.3 Å². The van der Waals surface area contributed by atoms with Crippen molar-refractivity contribution in [2.75, 3.05) is 0 Å². The number of hydrogen-bond acceptors (Lipinski definition) is 4. The summed E-state index contributed by atoms with van der Waals surface area (Å²) in [5.41, 5.74) is 10.2. The van der Waals surface area contributed by atoms with Crippen LogP contribution in [0.25, 0.3) is 0 Å². The summed E-state index contributed by atoms with van der Waals surface area (Å²) >= 11 is 0. The van der Waals surface area contributed by atoms with Gasteiger partial charge in [-0.2, -0.15) is 10.4 Å². The molecule has 35 heavy (non-hydrogen) atoms. The lowest BCUT2D eigenvalue weighted by atomic mass is 10.0. The van der Waals surface area contributed by atoms with Crippen molar-refractivity contribution in [1.82, 2.24) is 15.1 Å². The quantitative estimate of drug-likeness (QED) is 0.271. The number of carbonyl (C=O) groups excluding carboxylic acids is 1. The molecule has 0 fully saturated rings. The van der Waals surface area contributed by atoms with Crippen LogP contribution in [-0.4, -0.2) is 21.5 Å². The lowest BCUT2D eigenvalue weighted by molar-refractivity contribution is 0.0950. The van der Waals surface area contributed by atoms with Crippen LogP contribution in [0.3, 0.4) is 0 Å². The Hall–Kier alpha value is -4.77. The fraction of sp³-hybridized carbons (Fsp3) is 0.111. The zero-order valence-corrected chi connectivity index (χ0v) is 18.8. The largest absolute Gasteiger partial charge is 0.384 e. The Balaban J connectivity index is 1.33. The number of nitrogens with zero attached hydrogens (tertiary/aromatic N) is 3. The molecule has 4 aromatic rings. The summed E-state index contributed by atoms with van der Waals surface area (Å²) in [6.07, 6.45) is 3.85. The number of carbonyl (C=O) groups is 1. The summed E-state index contributed by atoms with van der Waals surface area (Å²) in [7, 11) is 0. The highest BCUT2D eigenvalue weighted by Gasteiger charge is 2.11. The number of aromatic nitrogens is 2. The zero-order chi connectivity index (χ0) is 24.8. The fourth-order valence-corrected chi connectivity index (χ4v) is 3.64. The van der Waals surface area contributed by atoms with Crippen molar-refractivity contribution in [1.29, 1.82) is 10.7 Å². The van der Waals surface area contributed by atoms with Gasteiger partial charge in [0, 0.05) is 23.9 Å². The molecule has 0 atom stereocenters. The number of amides is 1. The maximum Gasteiger partial charge on any atom is 0.254 e. The molecular formula is C27H23FN6O. The van der Waals surface area contributed by atoms with Crippen molar-refractivity contribution in [3.05, 3.63) is 124 Å². The van der Waals surface area contributed by atoms with E-state index in [-0.39, 0.29) is 18.3 Å². The molecule has 0 bridgehead atoms. The average Bonchev–Trinajstić information content (AvgIpc) is 3.33. The smallest absolute Gasteiger partial charge is 0.254 e. The minimum absolute atomic E-state index is 0.00671. The van der Waals surface area contributed by atoms with Crippen LogP contribution < -0.4 is 11.1 Å². The van der Waals surface area contributed by atoms with Crippen LogP contribution in [-0.2, 0) is 19.5 Å². The van der Waals surface area contributed by atoms with E-state index in [1.54, 1.807) is 23.0 Å². The number of amidine groups is 1. The summed E-state index contributed by atoms with van der Waals surface area (Å²) in [4.78, 5) is 12.5. The van der Waals surface area contributed by atoms with E-state index in [1.807, 2.05) is 42.5 Å². The van der Waals surface area contributed by atoms with Crippen LogP contribution in [0, 0.1) is 22.6 Å². The maximum absolute atomic E-state index is 14.2. The molecular weight excluding hydrogens is 443 g/mol. The van der Waals surface area contributed by atoms with Gasteiger partial charge in [0.1, 0.15) is 11.7 Å². The Morgan fingerprint density at radius 1 is 1.06 bits per heavy atom. The standard InChI is InChI=1S/C27H23FN6O/c28-25-12-22(26(30)31)8-9-23(25)14-32-27(35)24-15-33-34(17-24)16-19-6-4-18(5-7-19)10-20-2-1-3-21(11-20)13-29/h1-9,11-12,15,17H,10,14,16H2,(H3,30,31)(H,32,35). The van der Waals surface area contributed by atoms with Gasteiger partial charge in [0.2, 0.25) is 0 Å². The molecule has 0 unspecified atom stereocenters. The van der Waals surface area contributed by atoms with Crippen LogP contribution in [0.2, 0.25) is 0 Å². The van der Waals surface area contributed by atoms with Gasteiger partial charge in [0.25, 0.3) is 5.91 Å². The van der Waals surface area contributed by atoms with Gasteiger partial charge in [0.05, 0.1) is 29.9 Å². The normalized spacial score (nSPS) is 10.5. The summed E-state index contributed by atoms with van der Waals surface area (Å²) in [5.74, 6) is -1.11. The Labute approximate surface area is 202 Å². The topological polar surface area (TPSA) is 121 Å². The highest BCUT2D eigenvalue weighted by Crippen LogP contribution is 2.14. The fourth-order valence-electron chi connectivity index (χ4n) is 3.64. The summed E-state index contributed by atoms with van der Waals surface area (Å²) < 4.78 is 15.8. The van der Waals surface area contributed by atoms with Gasteiger partial charge < -0.3 is 11.1 Å². The number of benzene rings is 3. The predicted molar refractivity (Wildman–Crippen MR) is 130 cm³/mol. The van der Waals surface area contributed by atoms with Crippen LogP contribution in [0.4, 0.5) is 4.39 Å². The highest BCUT2D eigenvalue weighted by molar-refractivity contribution is 5.95. The molecule has 0 radical (unpaired) electrons. The number of halogens is 1. The molecule has 3 aromatic carbocycles. The number of nitriles is 1. The van der Waals surface area contributed by atoms with Crippen LogP contribution >= 0.6 is 0 Å². The molecule has 4 N–H and O–H groups in total. The number of hydrogen-bond donors (Lipinski definition) is 3. The second-order valence-corrected chi connectivity index (χ2v) is 8.13. The Morgan fingerprint density at radius 2 is 1.83 bits per heavy atom. The Morgan fingerprint density at radius 3 is 2.54 bits per heavy atom. The van der Waals surface area contributed by atoms with E-state index in [2.05, 4.69) is 16.5 Å². The van der Waals surface area contributed by atoms with Crippen molar-refractivity contribution in [2.24, 2.45) is 5.73 Å². The Kier molecular flexibility index (Phi) is 6.98. The van der Waals surface area contributed by atoms with E-state index in [0.29, 0.717) is 28.8 Å². The second-order valence-electron chi connectivity index (χ2n) is 8.13. The first-order valence-electron chi connectivity index (χ1n) is 10.9. The Bertz CT molecular complexity index is 1420. The maximum atomic E-state index is 14.2. The molecule has 0 aliphatic carbocycles. The summed E-state index contributed by atoms with van der Waals surface area (Å²) in [5, 5.41) is 23.4. The van der Waals surface area contributed by atoms with Gasteiger partial charge in [-0.15, -0.1) is 0 Å². The number of nitrogen functional groups attached to an aromatic ring is 1. The lowest BCUT2D eigenvalue weighted by Crippen LogP contribution is -2.23. The monoisotopic (exact) mass is 466 g/mol. The number of nitrogens with two attached hydrogens (primary N) is 1. The van der Waals surface area contributed by atoms with Crippen LogP contribution in [0.1, 0.15) is 43.7 Å². The first-order valence-corrected chi connectivity index (χ1v) is 10.9. The molecule has 7 nitrogen and oxygen atoms in total. The van der Waals surface area contributed by atoms with Gasteiger partial charge in [-0.25, -0.2) is 4.39 Å². The highest BCUT2D eigenvalue weighted by atomic mass is 19.1.